The quantitative estimate of drug-likeness (QED) is 0.0656. The van der Waals surface area contributed by atoms with Gasteiger partial charge in [-0.25, -0.2) is 9.98 Å². The molecule has 0 radical (unpaired) electrons. The first-order valence-electron chi connectivity index (χ1n) is 27.2. The topological polar surface area (TPSA) is 56.3 Å². The number of unbranched alkanes of at least 4 members (excludes halogenated alkanes) is 12. The number of allylic oxidation sites excluding steroid dienone is 6. The van der Waals surface area contributed by atoms with Gasteiger partial charge in [-0.1, -0.05) is 141 Å². The van der Waals surface area contributed by atoms with Crippen molar-refractivity contribution < 1.29 is 0 Å². The van der Waals surface area contributed by atoms with Gasteiger partial charge in [0.25, 0.3) is 0 Å². The zero-order valence-electron chi connectivity index (χ0n) is 43.1. The summed E-state index contributed by atoms with van der Waals surface area (Å²) in [5.41, 5.74) is 26.4. The van der Waals surface area contributed by atoms with Crippen LogP contribution in [0.25, 0.3) is 34.4 Å². The molecule has 0 spiro atoms. The highest BCUT2D eigenvalue weighted by Gasteiger charge is 2.37. The third kappa shape index (κ3) is 9.26. The highest BCUT2D eigenvalue weighted by atomic mass is 14.8. The molecule has 12 bridgehead atoms. The minimum Gasteiger partial charge on any atom is -0.355 e. The summed E-state index contributed by atoms with van der Waals surface area (Å²) in [5.74, 6) is 0. The molecule has 9 rings (SSSR count). The molecule has 2 aromatic heterocycles. The van der Waals surface area contributed by atoms with E-state index < -0.39 is 0 Å². The van der Waals surface area contributed by atoms with Crippen LogP contribution in [-0.4, -0.2) is 21.4 Å². The van der Waals surface area contributed by atoms with Crippen LogP contribution in [0.2, 0.25) is 0 Å². The number of rotatable bonds is 20. The summed E-state index contributed by atoms with van der Waals surface area (Å²) in [6, 6.07) is 18.3. The number of benzene rings is 2. The van der Waals surface area contributed by atoms with E-state index in [0.717, 1.165) is 49.2 Å². The van der Waals surface area contributed by atoms with Crippen molar-refractivity contribution in [2.75, 3.05) is 0 Å². The number of nitrogens with zero attached hydrogens (tertiary/aromatic N) is 2. The molecule has 0 amide bonds. The highest BCUT2D eigenvalue weighted by molar-refractivity contribution is 6.25. The Morgan fingerprint density at radius 1 is 0.456 bits per heavy atom. The Hall–Kier alpha value is -5.35. The van der Waals surface area contributed by atoms with Crippen LogP contribution in [0.15, 0.2) is 92.2 Å². The summed E-state index contributed by atoms with van der Waals surface area (Å²) < 4.78 is 0. The lowest BCUT2D eigenvalue weighted by Gasteiger charge is -2.07. The van der Waals surface area contributed by atoms with E-state index >= 15 is 0 Å². The first kappa shape index (κ1) is 47.7. The van der Waals surface area contributed by atoms with Gasteiger partial charge in [0.2, 0.25) is 0 Å². The van der Waals surface area contributed by atoms with E-state index in [9.17, 15) is 0 Å². The van der Waals surface area contributed by atoms with Gasteiger partial charge < -0.3 is 9.97 Å². The zero-order valence-corrected chi connectivity index (χ0v) is 43.1. The second-order valence-corrected chi connectivity index (χ2v) is 20.7. The molecule has 0 saturated carbocycles. The number of nitrogens with one attached hydrogen (secondary N) is 2. The van der Waals surface area contributed by atoms with Crippen molar-refractivity contribution in [3.63, 3.8) is 0 Å². The number of aliphatic imine (C=N–C) groups is 2. The van der Waals surface area contributed by atoms with E-state index in [4.69, 9.17) is 9.98 Å². The minimum absolute atomic E-state index is 0.863. The summed E-state index contributed by atoms with van der Waals surface area (Å²) in [6.07, 6.45) is 32.3. The summed E-state index contributed by atoms with van der Waals surface area (Å²) in [6.45, 7) is 18.7. The molecule has 4 nitrogen and oxygen atoms in total. The van der Waals surface area contributed by atoms with Crippen molar-refractivity contribution in [2.45, 2.75) is 190 Å². The van der Waals surface area contributed by atoms with Gasteiger partial charge in [-0.15, -0.1) is 0 Å². The maximum Gasteiger partial charge on any atom is 0.139 e. The lowest BCUT2D eigenvalue weighted by molar-refractivity contribution is 0.665. The van der Waals surface area contributed by atoms with Crippen LogP contribution < -0.4 is 21.4 Å². The predicted octanol–water partition coefficient (Wildman–Crippen LogP) is 14.4. The maximum atomic E-state index is 5.79. The third-order valence-electron chi connectivity index (χ3n) is 16.0. The number of aromatic nitrogens is 2. The number of hydrogen-bond acceptors (Lipinski definition) is 2. The number of fused-ring (bicyclic) bond motifs is 16. The fourth-order valence-corrected chi connectivity index (χ4v) is 12.1. The number of hydrogen-bond donors (Lipinski definition) is 2. The molecule has 68 heavy (non-hydrogen) atoms. The van der Waals surface area contributed by atoms with Crippen molar-refractivity contribution in [3.8, 4) is 0 Å². The van der Waals surface area contributed by atoms with Gasteiger partial charge in [0.15, 0.2) is 0 Å². The van der Waals surface area contributed by atoms with E-state index in [1.54, 1.807) is 0 Å². The molecule has 0 atom stereocenters. The van der Waals surface area contributed by atoms with Gasteiger partial charge in [0.05, 0.1) is 33.6 Å². The summed E-state index contributed by atoms with van der Waals surface area (Å²) >= 11 is 0. The zero-order chi connectivity index (χ0) is 47.3. The normalized spacial score (nSPS) is 16.1. The van der Waals surface area contributed by atoms with Gasteiger partial charge in [-0.05, 0) is 159 Å². The van der Waals surface area contributed by atoms with E-state index in [2.05, 4.69) is 132 Å². The lowest BCUT2D eigenvalue weighted by Crippen LogP contribution is -2.17. The molecule has 0 unspecified atom stereocenters. The van der Waals surface area contributed by atoms with Gasteiger partial charge in [0, 0.05) is 34.7 Å². The van der Waals surface area contributed by atoms with Crippen molar-refractivity contribution in [1.29, 1.82) is 0 Å². The lowest BCUT2D eigenvalue weighted by atomic mass is 9.95. The molecule has 354 valence electrons. The van der Waals surface area contributed by atoms with Gasteiger partial charge >= 0.3 is 0 Å². The van der Waals surface area contributed by atoms with Gasteiger partial charge in [-0.3, -0.25) is 0 Å². The van der Waals surface area contributed by atoms with Crippen LogP contribution in [0.1, 0.15) is 208 Å². The van der Waals surface area contributed by atoms with E-state index in [0.29, 0.717) is 0 Å². The van der Waals surface area contributed by atoms with Crippen LogP contribution in [0, 0.1) is 20.3 Å². The molecule has 5 heterocycles. The number of H-pyrrole nitrogens is 2. The van der Waals surface area contributed by atoms with Crippen molar-refractivity contribution >= 4 is 45.9 Å². The monoisotopic (exact) mass is 904 g/mol. The Labute approximate surface area is 408 Å². The Morgan fingerprint density at radius 3 is 1.41 bits per heavy atom. The average molecular weight is 904 g/mol. The van der Waals surface area contributed by atoms with Gasteiger partial charge in [-0.2, -0.15) is 0 Å². The van der Waals surface area contributed by atoms with Gasteiger partial charge in [0.1, 0.15) is 22.2 Å². The SMILES string of the molecule is CCCCCCC1=C(C)C2=C3[CH+]C(=c4[nH]c(c(CCCCCC)c4C)=CC4=NC(=C5CC(=c6[nH]c(c(CCCCCC)c6C)=CC1=N2)c1ccccc15)C(C)=C4CCCCCC)c1ccccc13. The Balaban J connectivity index is 1.36. The van der Waals surface area contributed by atoms with Crippen molar-refractivity contribution in [1.82, 2.24) is 9.97 Å². The molecule has 4 aromatic rings. The first-order valence-corrected chi connectivity index (χ1v) is 27.2. The van der Waals surface area contributed by atoms with Crippen molar-refractivity contribution in [3.05, 3.63) is 155 Å². The molecule has 4 heteroatoms. The fraction of sp³-hybridized carbons (Fsp3) is 0.453. The second-order valence-electron chi connectivity index (χ2n) is 20.7. The largest absolute Gasteiger partial charge is 0.355 e. The Morgan fingerprint density at radius 2 is 0.882 bits per heavy atom. The molecule has 2 aliphatic carbocycles. The molecule has 2 N–H and O–H groups in total. The van der Waals surface area contributed by atoms with Crippen LogP contribution in [-0.2, 0) is 12.8 Å². The Bertz CT molecular complexity index is 2820. The maximum absolute atomic E-state index is 5.79. The van der Waals surface area contributed by atoms with E-state index in [-0.39, 0.29) is 0 Å². The average Bonchev–Trinajstić information content (AvgIpc) is 4.18. The predicted molar refractivity (Wildman–Crippen MR) is 293 cm³/mol. The van der Waals surface area contributed by atoms with E-state index in [1.807, 2.05) is 0 Å². The second kappa shape index (κ2) is 21.5. The molecule has 5 aliphatic rings. The molecule has 2 aromatic carbocycles. The van der Waals surface area contributed by atoms with Crippen LogP contribution in [0.4, 0.5) is 0 Å². The smallest absolute Gasteiger partial charge is 0.139 e. The third-order valence-corrected chi connectivity index (χ3v) is 16.0. The van der Waals surface area contributed by atoms with Crippen molar-refractivity contribution in [2.24, 2.45) is 9.98 Å². The Kier molecular flexibility index (Phi) is 15.1. The molecule has 0 saturated heterocycles. The van der Waals surface area contributed by atoms with E-state index in [1.165, 1.54) is 219 Å². The fourth-order valence-electron chi connectivity index (χ4n) is 12.1. The molecular formula is C64H79N4+. The van der Waals surface area contributed by atoms with Crippen LogP contribution >= 0.6 is 0 Å². The molecule has 0 fully saturated rings. The molecular weight excluding hydrogens is 825 g/mol. The summed E-state index contributed by atoms with van der Waals surface area (Å²) in [4.78, 5) is 19.8. The first-order chi connectivity index (χ1) is 33.3. The summed E-state index contributed by atoms with van der Waals surface area (Å²) in [7, 11) is 0. The van der Waals surface area contributed by atoms with Crippen LogP contribution in [0.3, 0.4) is 0 Å². The minimum atomic E-state index is 0.863. The highest BCUT2D eigenvalue weighted by Crippen LogP contribution is 2.46. The summed E-state index contributed by atoms with van der Waals surface area (Å²) in [5, 5.41) is 5.00. The standard InChI is InChI=1S/C64H79N4/c1-9-13-17-21-29-45-41(5)61-53-37-54(50-34-26-25-33-49(50)53)63-43(7)47(31-23-19-15-11-3)59(67-63)40-60-48(32-24-20-16-12-4)44(8)64(68-60)56-38-55(51-35-27-28-36-52(51)56)62-42(6)46(30-22-18-14-10-2)58(66-62)39-57(45)65-61/h25-28,33-37,39-40,65,68H,9-24,29-32,38H2,1-8H3/q+1. The number of aromatic amines is 2. The molecule has 3 aliphatic heterocycles. The van der Waals surface area contributed by atoms with Crippen LogP contribution in [0.5, 0.6) is 0 Å².